The van der Waals surface area contributed by atoms with Crippen LogP contribution in [-0.2, 0) is 0 Å². The second kappa shape index (κ2) is 3.98. The summed E-state index contributed by atoms with van der Waals surface area (Å²) in [4.78, 5) is 0. The summed E-state index contributed by atoms with van der Waals surface area (Å²) >= 11 is 2.39. The molecule has 1 aliphatic heterocycles. The molecular formula is C14H24S. The van der Waals surface area contributed by atoms with Gasteiger partial charge in [0.05, 0.1) is 0 Å². The van der Waals surface area contributed by atoms with Crippen LogP contribution in [0.3, 0.4) is 0 Å². The molecule has 86 valence electrons. The summed E-state index contributed by atoms with van der Waals surface area (Å²) in [6.07, 6.45) is 9.14. The molecule has 1 saturated heterocycles. The van der Waals surface area contributed by atoms with Gasteiger partial charge in [-0.3, -0.25) is 0 Å². The van der Waals surface area contributed by atoms with Gasteiger partial charge in [-0.1, -0.05) is 26.7 Å². The highest BCUT2D eigenvalue weighted by atomic mass is 32.2. The summed E-state index contributed by atoms with van der Waals surface area (Å²) in [7, 11) is 0. The number of hydrogen-bond donors (Lipinski definition) is 0. The first-order valence-corrected chi connectivity index (χ1v) is 7.87. The van der Waals surface area contributed by atoms with Crippen molar-refractivity contribution in [3.63, 3.8) is 0 Å². The first kappa shape index (κ1) is 10.5. The van der Waals surface area contributed by atoms with E-state index in [1.165, 1.54) is 25.7 Å². The summed E-state index contributed by atoms with van der Waals surface area (Å²) in [5, 5.41) is 2.07. The molecule has 3 aliphatic rings. The van der Waals surface area contributed by atoms with Gasteiger partial charge in [0.15, 0.2) is 0 Å². The molecule has 0 amide bonds. The Kier molecular flexibility index (Phi) is 2.79. The topological polar surface area (TPSA) is 0 Å². The van der Waals surface area contributed by atoms with E-state index in [-0.39, 0.29) is 0 Å². The van der Waals surface area contributed by atoms with Crippen LogP contribution in [0, 0.1) is 23.7 Å². The van der Waals surface area contributed by atoms with Gasteiger partial charge in [-0.2, -0.15) is 11.8 Å². The fraction of sp³-hybridized carbons (Fsp3) is 1.00. The van der Waals surface area contributed by atoms with E-state index in [2.05, 4.69) is 25.6 Å². The zero-order valence-electron chi connectivity index (χ0n) is 10.1. The Labute approximate surface area is 98.6 Å². The first-order valence-electron chi connectivity index (χ1n) is 6.93. The highest BCUT2D eigenvalue weighted by Gasteiger charge is 2.49. The third-order valence-corrected chi connectivity index (χ3v) is 7.48. The fourth-order valence-corrected chi connectivity index (χ4v) is 6.67. The number of hydrogen-bond acceptors (Lipinski definition) is 1. The molecule has 3 fully saturated rings. The zero-order chi connectivity index (χ0) is 10.4. The number of thioether (sulfide) groups is 1. The minimum absolute atomic E-state index is 1.01. The maximum absolute atomic E-state index is 2.51. The largest absolute Gasteiger partial charge is 0.154 e. The molecule has 15 heavy (non-hydrogen) atoms. The molecular weight excluding hydrogens is 200 g/mol. The molecule has 6 atom stereocenters. The molecule has 0 aromatic heterocycles. The van der Waals surface area contributed by atoms with Crippen molar-refractivity contribution < 1.29 is 0 Å². The van der Waals surface area contributed by atoms with E-state index in [0.29, 0.717) is 0 Å². The molecule has 1 heterocycles. The quantitative estimate of drug-likeness (QED) is 0.590. The minimum Gasteiger partial charge on any atom is -0.154 e. The Morgan fingerprint density at radius 2 is 1.20 bits per heavy atom. The molecule has 0 N–H and O–H groups in total. The van der Waals surface area contributed by atoms with Crippen LogP contribution in [-0.4, -0.2) is 10.5 Å². The van der Waals surface area contributed by atoms with Crippen molar-refractivity contribution in [2.24, 2.45) is 23.7 Å². The molecule has 0 nitrogen and oxygen atoms in total. The third kappa shape index (κ3) is 1.66. The maximum Gasteiger partial charge on any atom is 0.0107 e. The molecule has 0 aromatic carbocycles. The van der Waals surface area contributed by atoms with Crippen LogP contribution >= 0.6 is 11.8 Å². The molecule has 3 rings (SSSR count). The smallest absolute Gasteiger partial charge is 0.0107 e. The summed E-state index contributed by atoms with van der Waals surface area (Å²) in [5.74, 6) is 4.22. The monoisotopic (exact) mass is 224 g/mol. The Morgan fingerprint density at radius 1 is 0.733 bits per heavy atom. The average molecular weight is 224 g/mol. The van der Waals surface area contributed by atoms with Crippen LogP contribution in [0.2, 0.25) is 0 Å². The van der Waals surface area contributed by atoms with Gasteiger partial charge < -0.3 is 0 Å². The highest BCUT2D eigenvalue weighted by molar-refractivity contribution is 8.00. The lowest BCUT2D eigenvalue weighted by Gasteiger charge is -2.35. The van der Waals surface area contributed by atoms with Crippen molar-refractivity contribution in [1.82, 2.24) is 0 Å². The maximum atomic E-state index is 2.51. The van der Waals surface area contributed by atoms with Crippen LogP contribution in [0.1, 0.15) is 52.4 Å². The second-order valence-electron chi connectivity index (χ2n) is 6.21. The van der Waals surface area contributed by atoms with E-state index in [0.717, 1.165) is 34.2 Å². The number of fused-ring (bicyclic) bond motifs is 3. The van der Waals surface area contributed by atoms with Crippen molar-refractivity contribution in [2.45, 2.75) is 62.9 Å². The minimum atomic E-state index is 1.01. The second-order valence-corrected chi connectivity index (χ2v) is 7.57. The first-order chi connectivity index (χ1) is 7.27. The molecule has 0 bridgehead atoms. The predicted octanol–water partition coefficient (Wildman–Crippen LogP) is 4.34. The Hall–Kier alpha value is 0.350. The molecule has 0 aromatic rings. The molecule has 6 unspecified atom stereocenters. The molecule has 2 aliphatic carbocycles. The van der Waals surface area contributed by atoms with Crippen LogP contribution < -0.4 is 0 Å². The number of rotatable bonds is 0. The summed E-state index contributed by atoms with van der Waals surface area (Å²) in [6, 6.07) is 0. The van der Waals surface area contributed by atoms with E-state index in [9.17, 15) is 0 Å². The van der Waals surface area contributed by atoms with Crippen molar-refractivity contribution in [2.75, 3.05) is 0 Å². The van der Waals surface area contributed by atoms with E-state index >= 15 is 0 Å². The van der Waals surface area contributed by atoms with Gasteiger partial charge >= 0.3 is 0 Å². The van der Waals surface area contributed by atoms with E-state index < -0.39 is 0 Å². The van der Waals surface area contributed by atoms with Crippen molar-refractivity contribution in [1.29, 1.82) is 0 Å². The van der Waals surface area contributed by atoms with Crippen LogP contribution in [0.5, 0.6) is 0 Å². The SMILES string of the molecule is CC1CCCC2C3CCCC(C)C3SC12. The third-order valence-electron chi connectivity index (χ3n) is 5.22. The van der Waals surface area contributed by atoms with E-state index in [1.54, 1.807) is 12.8 Å². The van der Waals surface area contributed by atoms with Gasteiger partial charge in [-0.05, 0) is 49.4 Å². The van der Waals surface area contributed by atoms with Gasteiger partial charge in [-0.15, -0.1) is 0 Å². The predicted molar refractivity (Wildman–Crippen MR) is 68.2 cm³/mol. The average Bonchev–Trinajstić information content (AvgIpc) is 2.60. The molecule has 0 radical (unpaired) electrons. The summed E-state index contributed by atoms with van der Waals surface area (Å²) in [6.45, 7) is 5.01. The summed E-state index contributed by atoms with van der Waals surface area (Å²) < 4.78 is 0. The zero-order valence-corrected chi connectivity index (χ0v) is 10.9. The highest BCUT2D eigenvalue weighted by Crippen LogP contribution is 2.57. The Bertz CT molecular complexity index is 213. The van der Waals surface area contributed by atoms with Crippen LogP contribution in [0.4, 0.5) is 0 Å². The lowest BCUT2D eigenvalue weighted by molar-refractivity contribution is 0.180. The lowest BCUT2D eigenvalue weighted by Crippen LogP contribution is -2.32. The van der Waals surface area contributed by atoms with Crippen molar-refractivity contribution >= 4 is 11.8 Å². The van der Waals surface area contributed by atoms with E-state index in [1.807, 2.05) is 0 Å². The van der Waals surface area contributed by atoms with Crippen LogP contribution in [0.25, 0.3) is 0 Å². The van der Waals surface area contributed by atoms with Crippen molar-refractivity contribution in [3.05, 3.63) is 0 Å². The van der Waals surface area contributed by atoms with Crippen LogP contribution in [0.15, 0.2) is 0 Å². The molecule has 1 heteroatoms. The standard InChI is InChI=1S/C14H24S/c1-9-5-3-7-11-12-8-4-6-10(2)14(12)15-13(9)11/h9-14H,3-8H2,1-2H3. The normalized spacial score (nSPS) is 54.8. The van der Waals surface area contributed by atoms with Gasteiger partial charge in [-0.25, -0.2) is 0 Å². The Balaban J connectivity index is 1.81. The fourth-order valence-electron chi connectivity index (χ4n) is 4.42. The van der Waals surface area contributed by atoms with E-state index in [4.69, 9.17) is 0 Å². The Morgan fingerprint density at radius 3 is 1.67 bits per heavy atom. The van der Waals surface area contributed by atoms with Crippen molar-refractivity contribution in [3.8, 4) is 0 Å². The van der Waals surface area contributed by atoms with Gasteiger partial charge in [0.25, 0.3) is 0 Å². The summed E-state index contributed by atoms with van der Waals surface area (Å²) in [5.41, 5.74) is 0. The lowest BCUT2D eigenvalue weighted by atomic mass is 9.69. The van der Waals surface area contributed by atoms with Gasteiger partial charge in [0, 0.05) is 10.5 Å². The van der Waals surface area contributed by atoms with Gasteiger partial charge in [0.2, 0.25) is 0 Å². The molecule has 2 saturated carbocycles. The molecule has 0 spiro atoms. The van der Waals surface area contributed by atoms with Gasteiger partial charge in [0.1, 0.15) is 0 Å².